The number of ether oxygens (including phenoxy) is 2. The monoisotopic (exact) mass is 387 g/mol. The molecule has 0 bridgehead atoms. The third kappa shape index (κ3) is 6.37. The maximum Gasteiger partial charge on any atom is 0.163 e. The molecule has 4 N–H and O–H groups in total. The topological polar surface area (TPSA) is 119 Å². The second kappa shape index (κ2) is 10.4. The molecule has 1 aliphatic carbocycles. The smallest absolute Gasteiger partial charge is 0.163 e. The molecule has 0 spiro atoms. The van der Waals surface area contributed by atoms with E-state index in [9.17, 15) is 19.8 Å². The SMILES string of the molecule is COc1cc(/C=C/C(=O)CC(=O)/C=C/C2CC=C(O)C(OCN)C2)ccc1O. The zero-order valence-electron chi connectivity index (χ0n) is 15.7. The van der Waals surface area contributed by atoms with Gasteiger partial charge in [-0.2, -0.15) is 0 Å². The van der Waals surface area contributed by atoms with Crippen molar-refractivity contribution in [1.29, 1.82) is 0 Å². The van der Waals surface area contributed by atoms with Crippen LogP contribution >= 0.6 is 0 Å². The van der Waals surface area contributed by atoms with E-state index in [1.54, 1.807) is 30.4 Å². The lowest BCUT2D eigenvalue weighted by Crippen LogP contribution is -2.25. The minimum atomic E-state index is -0.463. The van der Waals surface area contributed by atoms with Crippen molar-refractivity contribution in [3.05, 3.63) is 53.8 Å². The molecule has 28 heavy (non-hydrogen) atoms. The van der Waals surface area contributed by atoms with Gasteiger partial charge in [0.15, 0.2) is 23.1 Å². The van der Waals surface area contributed by atoms with Gasteiger partial charge in [0.2, 0.25) is 0 Å². The Bertz CT molecular complexity index is 796. The molecule has 2 rings (SSSR count). The van der Waals surface area contributed by atoms with Crippen LogP contribution in [-0.2, 0) is 14.3 Å². The highest BCUT2D eigenvalue weighted by Crippen LogP contribution is 2.27. The van der Waals surface area contributed by atoms with Crippen LogP contribution in [-0.4, -0.2) is 41.7 Å². The molecule has 1 aromatic carbocycles. The molecule has 0 saturated heterocycles. The predicted molar refractivity (Wildman–Crippen MR) is 105 cm³/mol. The van der Waals surface area contributed by atoms with Gasteiger partial charge in [-0.15, -0.1) is 0 Å². The minimum absolute atomic E-state index is 0.00563. The number of aliphatic hydroxyl groups excluding tert-OH is 1. The molecule has 2 atom stereocenters. The molecule has 1 aromatic rings. The lowest BCUT2D eigenvalue weighted by atomic mass is 9.90. The molecular formula is C21H25NO6. The van der Waals surface area contributed by atoms with Crippen LogP contribution in [0.5, 0.6) is 11.5 Å². The Morgan fingerprint density at radius 1 is 1.25 bits per heavy atom. The number of carbonyl (C=O) groups is 2. The van der Waals surface area contributed by atoms with Crippen molar-refractivity contribution < 1.29 is 29.3 Å². The fraction of sp³-hybridized carbons (Fsp3) is 0.333. The maximum atomic E-state index is 12.0. The molecule has 7 nitrogen and oxygen atoms in total. The van der Waals surface area contributed by atoms with Crippen LogP contribution in [0.4, 0.5) is 0 Å². The first kappa shape index (κ1) is 21.4. The first-order chi connectivity index (χ1) is 13.4. The second-order valence-corrected chi connectivity index (χ2v) is 6.42. The van der Waals surface area contributed by atoms with Gasteiger partial charge in [0.1, 0.15) is 11.9 Å². The summed E-state index contributed by atoms with van der Waals surface area (Å²) in [6.07, 6.45) is 8.10. The summed E-state index contributed by atoms with van der Waals surface area (Å²) in [5.74, 6) is -0.117. The van der Waals surface area contributed by atoms with Crippen molar-refractivity contribution in [3.63, 3.8) is 0 Å². The summed E-state index contributed by atoms with van der Waals surface area (Å²) >= 11 is 0. The number of hydrogen-bond acceptors (Lipinski definition) is 7. The van der Waals surface area contributed by atoms with Crippen LogP contribution in [0.2, 0.25) is 0 Å². The summed E-state index contributed by atoms with van der Waals surface area (Å²) in [7, 11) is 1.44. The van der Waals surface area contributed by atoms with Gasteiger partial charge in [-0.25, -0.2) is 0 Å². The van der Waals surface area contributed by atoms with Gasteiger partial charge in [0.25, 0.3) is 0 Å². The molecule has 150 valence electrons. The highest BCUT2D eigenvalue weighted by molar-refractivity contribution is 6.09. The number of allylic oxidation sites excluding steroid dienone is 4. The maximum absolute atomic E-state index is 12.0. The van der Waals surface area contributed by atoms with E-state index in [0.29, 0.717) is 24.2 Å². The van der Waals surface area contributed by atoms with Gasteiger partial charge >= 0.3 is 0 Å². The molecule has 0 aliphatic heterocycles. The summed E-state index contributed by atoms with van der Waals surface area (Å²) in [6.45, 7) is 0.00563. The van der Waals surface area contributed by atoms with Crippen molar-refractivity contribution in [2.45, 2.75) is 25.4 Å². The van der Waals surface area contributed by atoms with E-state index in [2.05, 4.69) is 0 Å². The Morgan fingerprint density at radius 3 is 2.71 bits per heavy atom. The number of phenolic OH excluding ortho intramolecular Hbond substituents is 1. The van der Waals surface area contributed by atoms with Gasteiger partial charge in [-0.3, -0.25) is 9.59 Å². The average molecular weight is 387 g/mol. The molecule has 2 unspecified atom stereocenters. The number of hydrogen-bond donors (Lipinski definition) is 3. The van der Waals surface area contributed by atoms with Crippen molar-refractivity contribution in [2.75, 3.05) is 13.8 Å². The molecular weight excluding hydrogens is 362 g/mol. The first-order valence-electron chi connectivity index (χ1n) is 8.92. The Hall–Kier alpha value is -2.90. The van der Waals surface area contributed by atoms with Crippen LogP contribution in [0.15, 0.2) is 48.3 Å². The second-order valence-electron chi connectivity index (χ2n) is 6.42. The molecule has 0 saturated carbocycles. The van der Waals surface area contributed by atoms with E-state index in [4.69, 9.17) is 15.2 Å². The van der Waals surface area contributed by atoms with E-state index in [1.165, 1.54) is 25.3 Å². The largest absolute Gasteiger partial charge is 0.510 e. The summed E-state index contributed by atoms with van der Waals surface area (Å²) in [6, 6.07) is 4.69. The fourth-order valence-corrected chi connectivity index (χ4v) is 2.84. The molecule has 0 heterocycles. The van der Waals surface area contributed by atoms with Gasteiger partial charge < -0.3 is 25.4 Å². The predicted octanol–water partition coefficient (Wildman–Crippen LogP) is 2.65. The van der Waals surface area contributed by atoms with Gasteiger partial charge in [0.05, 0.1) is 20.3 Å². The van der Waals surface area contributed by atoms with Crippen LogP contribution in [0.1, 0.15) is 24.8 Å². The number of carbonyl (C=O) groups excluding carboxylic acids is 2. The lowest BCUT2D eigenvalue weighted by Gasteiger charge is -2.24. The van der Waals surface area contributed by atoms with E-state index >= 15 is 0 Å². The zero-order valence-corrected chi connectivity index (χ0v) is 15.7. The van der Waals surface area contributed by atoms with Crippen LogP contribution in [0.25, 0.3) is 6.08 Å². The third-order valence-corrected chi connectivity index (χ3v) is 4.34. The normalized spacial score (nSPS) is 19.7. The molecule has 1 aliphatic rings. The third-order valence-electron chi connectivity index (χ3n) is 4.34. The van der Waals surface area contributed by atoms with Gasteiger partial charge in [-0.1, -0.05) is 18.2 Å². The zero-order chi connectivity index (χ0) is 20.5. The van der Waals surface area contributed by atoms with Crippen LogP contribution < -0.4 is 10.5 Å². The van der Waals surface area contributed by atoms with Gasteiger partial charge in [0, 0.05) is 0 Å². The van der Waals surface area contributed by atoms with E-state index in [0.717, 1.165) is 0 Å². The molecule has 0 aromatic heterocycles. The lowest BCUT2D eigenvalue weighted by molar-refractivity contribution is -0.121. The number of aliphatic hydroxyl groups is 1. The number of nitrogens with two attached hydrogens (primary N) is 1. The van der Waals surface area contributed by atoms with Crippen molar-refractivity contribution >= 4 is 17.6 Å². The molecule has 0 fully saturated rings. The Kier molecular flexibility index (Phi) is 7.98. The molecule has 0 radical (unpaired) electrons. The van der Waals surface area contributed by atoms with Crippen molar-refractivity contribution in [2.24, 2.45) is 11.7 Å². The summed E-state index contributed by atoms with van der Waals surface area (Å²) < 4.78 is 10.3. The summed E-state index contributed by atoms with van der Waals surface area (Å²) in [5.41, 5.74) is 6.01. The first-order valence-corrected chi connectivity index (χ1v) is 8.92. The molecule has 7 heteroatoms. The number of methoxy groups -OCH3 is 1. The Labute approximate surface area is 163 Å². The molecule has 0 amide bonds. The number of phenols is 1. The van der Waals surface area contributed by atoms with Crippen LogP contribution in [0.3, 0.4) is 0 Å². The van der Waals surface area contributed by atoms with E-state index < -0.39 is 6.10 Å². The number of benzene rings is 1. The Morgan fingerprint density at radius 2 is 2.00 bits per heavy atom. The fourth-order valence-electron chi connectivity index (χ4n) is 2.84. The van der Waals surface area contributed by atoms with E-state index in [1.807, 2.05) is 0 Å². The Balaban J connectivity index is 1.87. The van der Waals surface area contributed by atoms with E-state index in [-0.39, 0.29) is 42.1 Å². The summed E-state index contributed by atoms with van der Waals surface area (Å²) in [4.78, 5) is 24.0. The quantitative estimate of drug-likeness (QED) is 0.338. The summed E-state index contributed by atoms with van der Waals surface area (Å²) in [5, 5.41) is 19.3. The number of rotatable bonds is 9. The van der Waals surface area contributed by atoms with Crippen LogP contribution in [0, 0.1) is 5.92 Å². The number of aromatic hydroxyl groups is 1. The number of ketones is 2. The van der Waals surface area contributed by atoms with Crippen molar-refractivity contribution in [1.82, 2.24) is 0 Å². The highest BCUT2D eigenvalue weighted by atomic mass is 16.5. The highest BCUT2D eigenvalue weighted by Gasteiger charge is 2.23. The van der Waals surface area contributed by atoms with Crippen molar-refractivity contribution in [3.8, 4) is 11.5 Å². The van der Waals surface area contributed by atoms with Gasteiger partial charge in [-0.05, 0) is 54.7 Å². The minimum Gasteiger partial charge on any atom is -0.510 e. The standard InChI is InChI=1S/C21H25NO6/c1-27-20-10-14(4-8-18(20)25)2-6-16(23)12-17(24)7-3-15-5-9-19(26)21(11-15)28-13-22/h2-4,6-10,15,21,25-26H,5,11-13,22H2,1H3/b6-2+,7-3+. The average Bonchev–Trinajstić information content (AvgIpc) is 2.68.